The van der Waals surface area contributed by atoms with Gasteiger partial charge in [-0.1, -0.05) is 23.7 Å². The van der Waals surface area contributed by atoms with Gasteiger partial charge in [0.2, 0.25) is 0 Å². The second kappa shape index (κ2) is 8.09. The minimum atomic E-state index is -0.184. The number of amides is 1. The molecule has 2 aliphatic heterocycles. The van der Waals surface area contributed by atoms with E-state index in [0.29, 0.717) is 20.8 Å². The van der Waals surface area contributed by atoms with Crippen LogP contribution in [0.25, 0.3) is 11.6 Å². The number of ether oxygens (including phenoxy) is 1. The van der Waals surface area contributed by atoms with E-state index in [2.05, 4.69) is 55.2 Å². The number of halogens is 1. The van der Waals surface area contributed by atoms with Crippen LogP contribution in [0.15, 0.2) is 52.4 Å². The molecule has 0 saturated carbocycles. The Morgan fingerprint density at radius 2 is 2.03 bits per heavy atom. The number of allylic oxidation sites excluding steroid dienone is 1. The number of carbonyl (C=O) groups excluding carboxylic acids is 1. The quantitative estimate of drug-likeness (QED) is 0.590. The van der Waals surface area contributed by atoms with Crippen molar-refractivity contribution in [3.05, 3.63) is 63.5 Å². The van der Waals surface area contributed by atoms with E-state index in [1.807, 2.05) is 24.3 Å². The van der Waals surface area contributed by atoms with E-state index in [1.54, 1.807) is 19.2 Å². The number of rotatable bonds is 3. The SMILES string of the molecule is COc1cc2c(cc1/C=C1/SC(=Nc3cccc(Cl)c3)NC1=O)C(C)=CC(C)(C)N2C. The molecule has 4 rings (SSSR count). The van der Waals surface area contributed by atoms with Crippen LogP contribution in [-0.4, -0.2) is 30.8 Å². The molecule has 160 valence electrons. The summed E-state index contributed by atoms with van der Waals surface area (Å²) in [6, 6.07) is 11.3. The number of hydrogen-bond donors (Lipinski definition) is 1. The van der Waals surface area contributed by atoms with Crippen LogP contribution in [0.1, 0.15) is 31.9 Å². The van der Waals surface area contributed by atoms with Crippen molar-refractivity contribution in [3.8, 4) is 5.75 Å². The highest BCUT2D eigenvalue weighted by Gasteiger charge is 2.30. The van der Waals surface area contributed by atoms with Crippen LogP contribution in [-0.2, 0) is 4.79 Å². The lowest BCUT2D eigenvalue weighted by atomic mass is 9.88. The van der Waals surface area contributed by atoms with Gasteiger partial charge in [0.15, 0.2) is 5.17 Å². The van der Waals surface area contributed by atoms with Gasteiger partial charge in [0.05, 0.1) is 23.2 Å². The van der Waals surface area contributed by atoms with Crippen LogP contribution in [0.4, 0.5) is 11.4 Å². The fraction of sp³-hybridized carbons (Fsp3) is 0.250. The van der Waals surface area contributed by atoms with Gasteiger partial charge >= 0.3 is 0 Å². The number of hydrogen-bond acceptors (Lipinski definition) is 5. The number of fused-ring (bicyclic) bond motifs is 1. The number of amidine groups is 1. The summed E-state index contributed by atoms with van der Waals surface area (Å²) in [5, 5.41) is 3.94. The third-order valence-electron chi connectivity index (χ3n) is 5.54. The minimum Gasteiger partial charge on any atom is -0.496 e. The fourth-order valence-electron chi connectivity index (χ4n) is 3.77. The highest BCUT2D eigenvalue weighted by Crippen LogP contribution is 2.42. The van der Waals surface area contributed by atoms with E-state index in [1.165, 1.54) is 17.3 Å². The molecule has 0 aliphatic carbocycles. The van der Waals surface area contributed by atoms with E-state index in [-0.39, 0.29) is 11.4 Å². The average molecular weight is 454 g/mol. The van der Waals surface area contributed by atoms with Crippen LogP contribution in [0, 0.1) is 0 Å². The van der Waals surface area contributed by atoms with Gasteiger partial charge in [0.1, 0.15) is 5.75 Å². The third kappa shape index (κ3) is 4.23. The first-order valence-electron chi connectivity index (χ1n) is 9.89. The summed E-state index contributed by atoms with van der Waals surface area (Å²) in [5.41, 5.74) is 4.89. The molecule has 7 heteroatoms. The Kier molecular flexibility index (Phi) is 5.62. The number of nitrogens with one attached hydrogen (secondary N) is 1. The van der Waals surface area contributed by atoms with E-state index < -0.39 is 0 Å². The lowest BCUT2D eigenvalue weighted by molar-refractivity contribution is -0.115. The Hall–Kier alpha value is -2.70. The molecule has 2 aliphatic rings. The van der Waals surface area contributed by atoms with Gasteiger partial charge in [-0.15, -0.1) is 0 Å². The molecule has 1 N–H and O–H groups in total. The topological polar surface area (TPSA) is 53.9 Å². The molecule has 5 nitrogen and oxygen atoms in total. The Balaban J connectivity index is 1.70. The number of methoxy groups -OCH3 is 1. The Bertz CT molecular complexity index is 1170. The normalized spacial score (nSPS) is 20.0. The Morgan fingerprint density at radius 1 is 1.26 bits per heavy atom. The molecule has 1 fully saturated rings. The maximum Gasteiger partial charge on any atom is 0.264 e. The number of likely N-dealkylation sites (N-methyl/N-ethyl adjacent to an activating group) is 1. The summed E-state index contributed by atoms with van der Waals surface area (Å²) >= 11 is 7.33. The zero-order valence-electron chi connectivity index (χ0n) is 18.1. The van der Waals surface area contributed by atoms with E-state index in [9.17, 15) is 4.79 Å². The van der Waals surface area contributed by atoms with Crippen LogP contribution >= 0.6 is 23.4 Å². The first-order chi connectivity index (χ1) is 14.7. The van der Waals surface area contributed by atoms with E-state index >= 15 is 0 Å². The molecule has 0 unspecified atom stereocenters. The summed E-state index contributed by atoms with van der Waals surface area (Å²) < 4.78 is 5.67. The highest BCUT2D eigenvalue weighted by molar-refractivity contribution is 8.18. The molecular weight excluding hydrogens is 430 g/mol. The number of thioether (sulfide) groups is 1. The van der Waals surface area contributed by atoms with Crippen molar-refractivity contribution < 1.29 is 9.53 Å². The van der Waals surface area contributed by atoms with Crippen molar-refractivity contribution in [1.82, 2.24) is 5.32 Å². The number of anilines is 1. The molecule has 0 radical (unpaired) electrons. The molecule has 0 aromatic heterocycles. The van der Waals surface area contributed by atoms with Gasteiger partial charge in [0, 0.05) is 35.0 Å². The molecule has 2 aromatic carbocycles. The molecule has 0 spiro atoms. The van der Waals surface area contributed by atoms with E-state index in [0.717, 1.165) is 22.6 Å². The first kappa shape index (κ1) is 21.5. The lowest BCUT2D eigenvalue weighted by Gasteiger charge is -2.41. The summed E-state index contributed by atoms with van der Waals surface area (Å²) in [6.45, 7) is 6.48. The van der Waals surface area contributed by atoms with Crippen molar-refractivity contribution in [2.75, 3.05) is 19.1 Å². The smallest absolute Gasteiger partial charge is 0.264 e. The summed E-state index contributed by atoms with van der Waals surface area (Å²) in [5.74, 6) is 0.535. The maximum absolute atomic E-state index is 12.6. The molecule has 1 amide bonds. The molecule has 1 saturated heterocycles. The van der Waals surface area contributed by atoms with Gasteiger partial charge in [-0.2, -0.15) is 0 Å². The Morgan fingerprint density at radius 3 is 2.74 bits per heavy atom. The van der Waals surface area contributed by atoms with Gasteiger partial charge in [-0.05, 0) is 68.4 Å². The largest absolute Gasteiger partial charge is 0.496 e. The number of carbonyl (C=O) groups is 1. The lowest BCUT2D eigenvalue weighted by Crippen LogP contribution is -2.42. The van der Waals surface area contributed by atoms with Crippen LogP contribution in [0.3, 0.4) is 0 Å². The second-order valence-electron chi connectivity index (χ2n) is 8.11. The van der Waals surface area contributed by atoms with Crippen molar-refractivity contribution in [2.45, 2.75) is 26.3 Å². The van der Waals surface area contributed by atoms with Crippen molar-refractivity contribution in [2.24, 2.45) is 4.99 Å². The van der Waals surface area contributed by atoms with Gasteiger partial charge in [0.25, 0.3) is 5.91 Å². The molecule has 2 heterocycles. The van der Waals surface area contributed by atoms with Gasteiger partial charge in [-0.3, -0.25) is 4.79 Å². The zero-order chi connectivity index (χ0) is 22.3. The third-order valence-corrected chi connectivity index (χ3v) is 6.69. The number of nitrogens with zero attached hydrogens (tertiary/aromatic N) is 2. The number of benzene rings is 2. The molecule has 31 heavy (non-hydrogen) atoms. The van der Waals surface area contributed by atoms with Crippen LogP contribution < -0.4 is 15.0 Å². The first-order valence-corrected chi connectivity index (χ1v) is 11.1. The van der Waals surface area contributed by atoms with Crippen molar-refractivity contribution >= 4 is 57.5 Å². The standard InChI is InChI=1S/C24H24ClN3O2S/c1-14-13-24(2,3)28(4)19-12-20(30-5)15(9-18(14)19)10-21-22(29)27-23(31-21)26-17-8-6-7-16(25)11-17/h6-13H,1-5H3,(H,26,27,29)/b21-10+. The molecule has 0 atom stereocenters. The molecule has 0 bridgehead atoms. The summed E-state index contributed by atoms with van der Waals surface area (Å²) in [7, 11) is 3.73. The average Bonchev–Trinajstić information content (AvgIpc) is 3.04. The van der Waals surface area contributed by atoms with Crippen LogP contribution in [0.2, 0.25) is 5.02 Å². The molecule has 2 aromatic rings. The van der Waals surface area contributed by atoms with Crippen LogP contribution in [0.5, 0.6) is 5.75 Å². The zero-order valence-corrected chi connectivity index (χ0v) is 19.7. The highest BCUT2D eigenvalue weighted by atomic mass is 35.5. The predicted octanol–water partition coefficient (Wildman–Crippen LogP) is 5.87. The monoisotopic (exact) mass is 453 g/mol. The summed E-state index contributed by atoms with van der Waals surface area (Å²) in [4.78, 5) is 19.9. The van der Waals surface area contributed by atoms with Gasteiger partial charge in [-0.25, -0.2) is 4.99 Å². The number of aliphatic imine (C=N–C) groups is 1. The fourth-order valence-corrected chi connectivity index (χ4v) is 4.79. The maximum atomic E-state index is 12.6. The van der Waals surface area contributed by atoms with Gasteiger partial charge < -0.3 is 15.0 Å². The summed E-state index contributed by atoms with van der Waals surface area (Å²) in [6.07, 6.45) is 4.11. The van der Waals surface area contributed by atoms with E-state index in [4.69, 9.17) is 16.3 Å². The minimum absolute atomic E-state index is 0.0883. The van der Waals surface area contributed by atoms with Crippen molar-refractivity contribution in [3.63, 3.8) is 0 Å². The van der Waals surface area contributed by atoms with Crippen molar-refractivity contribution in [1.29, 1.82) is 0 Å². The second-order valence-corrected chi connectivity index (χ2v) is 9.58. The molecular formula is C24H24ClN3O2S. The Labute approximate surface area is 191 Å². The predicted molar refractivity (Wildman–Crippen MR) is 131 cm³/mol.